The second-order valence-corrected chi connectivity index (χ2v) is 7.99. The summed E-state index contributed by atoms with van der Waals surface area (Å²) in [6, 6.07) is 22.4. The zero-order valence-corrected chi connectivity index (χ0v) is 19.3. The summed E-state index contributed by atoms with van der Waals surface area (Å²) < 4.78 is 5.79. The van der Waals surface area contributed by atoms with Crippen LogP contribution in [0.3, 0.4) is 0 Å². The summed E-state index contributed by atoms with van der Waals surface area (Å²) in [5.74, 6) is 0.208. The van der Waals surface area contributed by atoms with Crippen molar-refractivity contribution in [2.45, 2.75) is 13.5 Å². The fraction of sp³-hybridized carbons (Fsp3) is 0.0800. The van der Waals surface area contributed by atoms with Gasteiger partial charge in [-0.05, 0) is 55.0 Å². The topological polar surface area (TPSA) is 123 Å². The summed E-state index contributed by atoms with van der Waals surface area (Å²) in [5.41, 5.74) is 5.95. The maximum absolute atomic E-state index is 12.5. The van der Waals surface area contributed by atoms with E-state index in [9.17, 15) is 14.9 Å². The molecule has 0 unspecified atom stereocenters. The third-order valence-electron chi connectivity index (χ3n) is 5.09. The molecule has 0 bridgehead atoms. The van der Waals surface area contributed by atoms with Crippen LogP contribution in [-0.4, -0.2) is 26.7 Å². The van der Waals surface area contributed by atoms with Crippen LogP contribution in [0.4, 0.5) is 5.69 Å². The highest BCUT2D eigenvalue weighted by atomic mass is 35.5. The number of nitrogens with zero attached hydrogens (tertiary/aromatic N) is 3. The van der Waals surface area contributed by atoms with Gasteiger partial charge in [0, 0.05) is 28.3 Å². The van der Waals surface area contributed by atoms with Crippen molar-refractivity contribution in [3.05, 3.63) is 111 Å². The number of hydrazone groups is 1. The molecule has 0 radical (unpaired) electrons. The first-order valence-corrected chi connectivity index (χ1v) is 10.9. The molecule has 2 N–H and O–H groups in total. The van der Waals surface area contributed by atoms with Gasteiger partial charge in [0.05, 0.1) is 16.3 Å². The van der Waals surface area contributed by atoms with Gasteiger partial charge in [-0.1, -0.05) is 35.9 Å². The van der Waals surface area contributed by atoms with Crippen LogP contribution >= 0.6 is 11.6 Å². The van der Waals surface area contributed by atoms with E-state index in [1.807, 2.05) is 48.5 Å². The van der Waals surface area contributed by atoms with Crippen LogP contribution < -0.4 is 10.2 Å². The zero-order valence-electron chi connectivity index (χ0n) is 18.6. The number of ether oxygens (including phenoxy) is 1. The number of non-ortho nitro benzene ring substituents is 1. The van der Waals surface area contributed by atoms with E-state index in [2.05, 4.69) is 20.7 Å². The van der Waals surface area contributed by atoms with E-state index < -0.39 is 10.8 Å². The van der Waals surface area contributed by atoms with Crippen LogP contribution in [0, 0.1) is 10.1 Å². The number of amides is 1. The molecule has 10 heteroatoms. The maximum Gasteiger partial charge on any atom is 0.289 e. The zero-order chi connectivity index (χ0) is 24.8. The minimum absolute atomic E-state index is 0.0528. The summed E-state index contributed by atoms with van der Waals surface area (Å²) in [6.07, 6.45) is 0. The van der Waals surface area contributed by atoms with Gasteiger partial charge >= 0.3 is 0 Å². The highest BCUT2D eigenvalue weighted by Gasteiger charge is 2.12. The summed E-state index contributed by atoms with van der Waals surface area (Å²) in [4.78, 5) is 22.9. The number of aromatic amines is 1. The lowest BCUT2D eigenvalue weighted by Crippen LogP contribution is -2.19. The molecule has 176 valence electrons. The minimum atomic E-state index is -0.489. The number of nitro groups is 1. The average Bonchev–Trinajstić information content (AvgIpc) is 3.37. The fourth-order valence-corrected chi connectivity index (χ4v) is 3.29. The Hall–Kier alpha value is -4.50. The normalized spacial score (nSPS) is 11.2. The van der Waals surface area contributed by atoms with Gasteiger partial charge in [0.25, 0.3) is 11.6 Å². The van der Waals surface area contributed by atoms with Crippen molar-refractivity contribution in [1.29, 1.82) is 0 Å². The Bertz CT molecular complexity index is 1380. The highest BCUT2D eigenvalue weighted by molar-refractivity contribution is 6.30. The van der Waals surface area contributed by atoms with Gasteiger partial charge in [0.1, 0.15) is 18.1 Å². The van der Waals surface area contributed by atoms with Gasteiger partial charge in [-0.2, -0.15) is 10.2 Å². The Labute approximate surface area is 205 Å². The molecule has 4 aromatic rings. The van der Waals surface area contributed by atoms with Gasteiger partial charge in [-0.3, -0.25) is 20.0 Å². The number of carbonyl (C=O) groups excluding carboxylic acids is 1. The molecular weight excluding hydrogens is 470 g/mol. The molecule has 0 aliphatic carbocycles. The molecule has 0 saturated heterocycles. The number of aromatic nitrogens is 2. The molecule has 4 rings (SSSR count). The van der Waals surface area contributed by atoms with Crippen LogP contribution in [0.1, 0.15) is 28.5 Å². The number of hydrogen-bond acceptors (Lipinski definition) is 6. The summed E-state index contributed by atoms with van der Waals surface area (Å²) in [5, 5.41) is 22.5. The van der Waals surface area contributed by atoms with Crippen LogP contribution in [-0.2, 0) is 6.61 Å². The predicted octanol–water partition coefficient (Wildman–Crippen LogP) is 5.37. The molecule has 1 aromatic heterocycles. The number of benzene rings is 3. The van der Waals surface area contributed by atoms with E-state index >= 15 is 0 Å². The first-order valence-electron chi connectivity index (χ1n) is 10.5. The van der Waals surface area contributed by atoms with Crippen molar-refractivity contribution in [3.63, 3.8) is 0 Å². The first-order chi connectivity index (χ1) is 16.9. The highest BCUT2D eigenvalue weighted by Crippen LogP contribution is 2.22. The summed E-state index contributed by atoms with van der Waals surface area (Å²) in [6.45, 7) is 2.06. The van der Waals surface area contributed by atoms with Gasteiger partial charge < -0.3 is 4.74 Å². The molecule has 0 atom stereocenters. The molecule has 1 amide bonds. The van der Waals surface area contributed by atoms with Crippen molar-refractivity contribution >= 4 is 28.9 Å². The second-order valence-electron chi connectivity index (χ2n) is 7.55. The predicted molar refractivity (Wildman–Crippen MR) is 133 cm³/mol. The molecule has 9 nitrogen and oxygen atoms in total. The number of hydrogen-bond donors (Lipinski definition) is 2. The van der Waals surface area contributed by atoms with E-state index in [0.29, 0.717) is 34.3 Å². The number of carbonyl (C=O) groups is 1. The van der Waals surface area contributed by atoms with Gasteiger partial charge in [0.2, 0.25) is 0 Å². The minimum Gasteiger partial charge on any atom is -0.489 e. The van der Waals surface area contributed by atoms with E-state index in [-0.39, 0.29) is 11.4 Å². The van der Waals surface area contributed by atoms with E-state index in [1.165, 1.54) is 12.1 Å². The molecule has 0 aliphatic heterocycles. The van der Waals surface area contributed by atoms with Crippen LogP contribution in [0.5, 0.6) is 5.75 Å². The Morgan fingerprint density at radius 1 is 1.11 bits per heavy atom. The average molecular weight is 490 g/mol. The number of rotatable bonds is 8. The Morgan fingerprint density at radius 2 is 1.86 bits per heavy atom. The number of H-pyrrole nitrogens is 1. The number of halogens is 1. The van der Waals surface area contributed by atoms with Crippen LogP contribution in [0.25, 0.3) is 11.3 Å². The molecule has 0 aliphatic rings. The molecule has 3 aromatic carbocycles. The molecule has 0 saturated carbocycles. The quantitative estimate of drug-likeness (QED) is 0.195. The van der Waals surface area contributed by atoms with E-state index in [4.69, 9.17) is 16.3 Å². The molecule has 1 heterocycles. The van der Waals surface area contributed by atoms with Crippen molar-refractivity contribution in [1.82, 2.24) is 15.6 Å². The molecule has 0 fully saturated rings. The van der Waals surface area contributed by atoms with Gasteiger partial charge in [-0.15, -0.1) is 0 Å². The summed E-state index contributed by atoms with van der Waals surface area (Å²) in [7, 11) is 0. The SMILES string of the molecule is CC(=NNC(=O)c1cc(-c2ccc(OCc3ccc(Cl)cc3)cc2)n[nH]1)c1cccc([N+](=O)[O-])c1. The maximum atomic E-state index is 12.5. The lowest BCUT2D eigenvalue weighted by Gasteiger charge is -2.07. The largest absolute Gasteiger partial charge is 0.489 e. The molecular formula is C25H20ClN5O4. The number of nitro benzene ring substituents is 1. The Morgan fingerprint density at radius 3 is 2.57 bits per heavy atom. The van der Waals surface area contributed by atoms with Crippen molar-refractivity contribution < 1.29 is 14.5 Å². The van der Waals surface area contributed by atoms with E-state index in [0.717, 1.165) is 11.1 Å². The Balaban J connectivity index is 1.37. The van der Waals surface area contributed by atoms with Crippen molar-refractivity contribution in [3.8, 4) is 17.0 Å². The second kappa shape index (κ2) is 10.6. The molecule has 0 spiro atoms. The first kappa shape index (κ1) is 23.7. The van der Waals surface area contributed by atoms with E-state index in [1.54, 1.807) is 25.1 Å². The standard InChI is InChI=1S/C25H20ClN5O4/c1-16(19-3-2-4-21(13-19)31(33)34)27-30-25(32)24-14-23(28-29-24)18-7-11-22(12-8-18)35-15-17-5-9-20(26)10-6-17/h2-14H,15H2,1H3,(H,28,29)(H,30,32). The Kier molecular flexibility index (Phi) is 7.18. The van der Waals surface area contributed by atoms with Crippen LogP contribution in [0.2, 0.25) is 5.02 Å². The third kappa shape index (κ3) is 6.10. The van der Waals surface area contributed by atoms with Crippen LogP contribution in [0.15, 0.2) is 84.0 Å². The number of nitrogens with one attached hydrogen (secondary N) is 2. The fourth-order valence-electron chi connectivity index (χ4n) is 3.16. The lowest BCUT2D eigenvalue weighted by atomic mass is 10.1. The van der Waals surface area contributed by atoms with Crippen molar-refractivity contribution in [2.75, 3.05) is 0 Å². The van der Waals surface area contributed by atoms with Gasteiger partial charge in [-0.25, -0.2) is 5.43 Å². The van der Waals surface area contributed by atoms with Crippen molar-refractivity contribution in [2.24, 2.45) is 5.10 Å². The summed E-state index contributed by atoms with van der Waals surface area (Å²) >= 11 is 5.90. The third-order valence-corrected chi connectivity index (χ3v) is 5.34. The van der Waals surface area contributed by atoms with Gasteiger partial charge in [0.15, 0.2) is 0 Å². The molecule has 35 heavy (non-hydrogen) atoms. The monoisotopic (exact) mass is 489 g/mol. The smallest absolute Gasteiger partial charge is 0.289 e. The lowest BCUT2D eigenvalue weighted by molar-refractivity contribution is -0.384.